The molecule has 4 nitrogen and oxygen atoms in total. The molecule has 0 aliphatic rings. The van der Waals surface area contributed by atoms with Gasteiger partial charge in [0.1, 0.15) is 0 Å². The molecule has 0 amide bonds. The van der Waals surface area contributed by atoms with Crippen LogP contribution in [0.25, 0.3) is 11.0 Å². The first kappa shape index (κ1) is 11.9. The lowest BCUT2D eigenvalue weighted by Gasteiger charge is -2.02. The van der Waals surface area contributed by atoms with Crippen molar-refractivity contribution in [3.8, 4) is 0 Å². The predicted molar refractivity (Wildman–Crippen MR) is 77.0 cm³/mol. The van der Waals surface area contributed by atoms with Crippen LogP contribution in [0.5, 0.6) is 0 Å². The lowest BCUT2D eigenvalue weighted by molar-refractivity contribution is 0.401. The van der Waals surface area contributed by atoms with E-state index in [1.54, 1.807) is 17.5 Å². The molecule has 96 valence electrons. The van der Waals surface area contributed by atoms with Crippen LogP contribution in [0.4, 0.5) is 0 Å². The third-order valence-corrected chi connectivity index (χ3v) is 3.91. The van der Waals surface area contributed by atoms with E-state index in [2.05, 4.69) is 15.6 Å². The van der Waals surface area contributed by atoms with E-state index in [0.717, 1.165) is 23.1 Å². The van der Waals surface area contributed by atoms with E-state index >= 15 is 0 Å². The number of rotatable bonds is 3. The molecule has 3 aromatic heterocycles. The van der Waals surface area contributed by atoms with Crippen molar-refractivity contribution in [1.29, 1.82) is 5.41 Å². The van der Waals surface area contributed by atoms with Gasteiger partial charge in [0, 0.05) is 28.2 Å². The van der Waals surface area contributed by atoms with Crippen LogP contribution in [-0.4, -0.2) is 22.6 Å². The van der Waals surface area contributed by atoms with Crippen LogP contribution < -0.4 is 0 Å². The Kier molecular flexibility index (Phi) is 3.05. The number of thiophene rings is 1. The lowest BCUT2D eigenvalue weighted by Crippen LogP contribution is -1.99. The van der Waals surface area contributed by atoms with Gasteiger partial charge in [-0.3, -0.25) is 10.4 Å². The SMILES string of the molecule is COC(=N)c1csc(Cn2ccc3ncccc32)c1. The smallest absolute Gasteiger partial charge is 0.213 e. The summed E-state index contributed by atoms with van der Waals surface area (Å²) in [7, 11) is 1.52. The summed E-state index contributed by atoms with van der Waals surface area (Å²) in [5.74, 6) is 0.210. The molecular formula is C14H13N3OS. The van der Waals surface area contributed by atoms with Gasteiger partial charge >= 0.3 is 0 Å². The first-order chi connectivity index (χ1) is 9.28. The molecule has 0 saturated heterocycles. The summed E-state index contributed by atoms with van der Waals surface area (Å²) in [4.78, 5) is 5.51. The fourth-order valence-electron chi connectivity index (χ4n) is 2.03. The molecule has 19 heavy (non-hydrogen) atoms. The number of methoxy groups -OCH3 is 1. The number of hydrogen-bond donors (Lipinski definition) is 1. The molecule has 3 rings (SSSR count). The van der Waals surface area contributed by atoms with Crippen molar-refractivity contribution in [3.05, 3.63) is 52.5 Å². The fourth-order valence-corrected chi connectivity index (χ4v) is 2.89. The van der Waals surface area contributed by atoms with Crippen molar-refractivity contribution in [2.75, 3.05) is 7.11 Å². The van der Waals surface area contributed by atoms with Crippen LogP contribution in [-0.2, 0) is 11.3 Å². The number of hydrogen-bond acceptors (Lipinski definition) is 4. The highest BCUT2D eigenvalue weighted by molar-refractivity contribution is 7.10. The first-order valence-corrected chi connectivity index (χ1v) is 6.76. The maximum Gasteiger partial charge on any atom is 0.213 e. The highest BCUT2D eigenvalue weighted by atomic mass is 32.1. The number of nitrogens with zero attached hydrogens (tertiary/aromatic N) is 2. The van der Waals surface area contributed by atoms with Gasteiger partial charge in [0.15, 0.2) is 0 Å². The van der Waals surface area contributed by atoms with Crippen molar-refractivity contribution < 1.29 is 4.74 Å². The predicted octanol–water partition coefficient (Wildman–Crippen LogP) is 3.12. The van der Waals surface area contributed by atoms with Crippen molar-refractivity contribution in [2.24, 2.45) is 0 Å². The third-order valence-electron chi connectivity index (χ3n) is 2.98. The molecule has 1 N–H and O–H groups in total. The van der Waals surface area contributed by atoms with Crippen molar-refractivity contribution in [1.82, 2.24) is 9.55 Å². The molecule has 0 unspecified atom stereocenters. The summed E-state index contributed by atoms with van der Waals surface area (Å²) in [5, 5.41) is 9.59. The first-order valence-electron chi connectivity index (χ1n) is 5.88. The minimum absolute atomic E-state index is 0.210. The summed E-state index contributed by atoms with van der Waals surface area (Å²) < 4.78 is 7.09. The molecule has 0 radical (unpaired) electrons. The highest BCUT2D eigenvalue weighted by Gasteiger charge is 2.07. The normalized spacial score (nSPS) is 10.8. The van der Waals surface area contributed by atoms with Crippen LogP contribution in [0.15, 0.2) is 42.0 Å². The molecule has 0 bridgehead atoms. The van der Waals surface area contributed by atoms with Crippen molar-refractivity contribution in [2.45, 2.75) is 6.54 Å². The van der Waals surface area contributed by atoms with E-state index in [9.17, 15) is 0 Å². The Hall–Kier alpha value is -2.14. The van der Waals surface area contributed by atoms with Crippen LogP contribution >= 0.6 is 11.3 Å². The largest absolute Gasteiger partial charge is 0.481 e. The van der Waals surface area contributed by atoms with Gasteiger partial charge in [0.2, 0.25) is 5.90 Å². The van der Waals surface area contributed by atoms with Gasteiger partial charge < -0.3 is 9.30 Å². The fraction of sp³-hybridized carbons (Fsp3) is 0.143. The molecule has 0 aliphatic carbocycles. The molecule has 3 aromatic rings. The van der Waals surface area contributed by atoms with Gasteiger partial charge in [-0.25, -0.2) is 0 Å². The van der Waals surface area contributed by atoms with Crippen LogP contribution in [0.2, 0.25) is 0 Å². The second-order valence-electron chi connectivity index (χ2n) is 4.19. The monoisotopic (exact) mass is 271 g/mol. The lowest BCUT2D eigenvalue weighted by atomic mass is 10.3. The molecule has 0 spiro atoms. The molecule has 0 atom stereocenters. The zero-order chi connectivity index (χ0) is 13.2. The topological polar surface area (TPSA) is 50.9 Å². The van der Waals surface area contributed by atoms with Crippen molar-refractivity contribution >= 4 is 28.3 Å². The molecule has 3 heterocycles. The molecule has 0 aliphatic heterocycles. The maximum absolute atomic E-state index is 7.64. The zero-order valence-corrected chi connectivity index (χ0v) is 11.3. The molecule has 0 saturated carbocycles. The minimum Gasteiger partial charge on any atom is -0.481 e. The number of pyridine rings is 1. The Bertz CT molecular complexity index is 729. The zero-order valence-electron chi connectivity index (χ0n) is 10.5. The number of aromatic nitrogens is 2. The minimum atomic E-state index is 0.210. The second-order valence-corrected chi connectivity index (χ2v) is 5.18. The summed E-state index contributed by atoms with van der Waals surface area (Å²) in [5.41, 5.74) is 2.96. The third kappa shape index (κ3) is 2.24. The Morgan fingerprint density at radius 1 is 1.47 bits per heavy atom. The summed E-state index contributed by atoms with van der Waals surface area (Å²) in [6, 6.07) is 8.02. The Balaban J connectivity index is 1.89. The number of ether oxygens (including phenoxy) is 1. The number of fused-ring (bicyclic) bond motifs is 1. The summed E-state index contributed by atoms with van der Waals surface area (Å²) in [6.07, 6.45) is 3.84. The van der Waals surface area contributed by atoms with E-state index in [4.69, 9.17) is 10.1 Å². The Morgan fingerprint density at radius 2 is 2.37 bits per heavy atom. The average Bonchev–Trinajstić information content (AvgIpc) is 3.06. The summed E-state index contributed by atoms with van der Waals surface area (Å²) >= 11 is 1.64. The standard InChI is InChI=1S/C14H13N3OS/c1-18-14(15)10-7-11(19-9-10)8-17-6-4-12-13(17)3-2-5-16-12/h2-7,9,15H,8H2,1H3. The summed E-state index contributed by atoms with van der Waals surface area (Å²) in [6.45, 7) is 0.789. The van der Waals surface area contributed by atoms with E-state index in [1.165, 1.54) is 12.0 Å². The maximum atomic E-state index is 7.64. The average molecular weight is 271 g/mol. The van der Waals surface area contributed by atoms with Gasteiger partial charge in [0.25, 0.3) is 0 Å². The Morgan fingerprint density at radius 3 is 3.21 bits per heavy atom. The van der Waals surface area contributed by atoms with Gasteiger partial charge in [0.05, 0.1) is 24.7 Å². The molecule has 5 heteroatoms. The Labute approximate surface area is 114 Å². The van der Waals surface area contributed by atoms with Crippen LogP contribution in [0, 0.1) is 5.41 Å². The van der Waals surface area contributed by atoms with E-state index in [-0.39, 0.29) is 5.90 Å². The van der Waals surface area contributed by atoms with Gasteiger partial charge in [-0.15, -0.1) is 11.3 Å². The van der Waals surface area contributed by atoms with Gasteiger partial charge in [-0.2, -0.15) is 0 Å². The van der Waals surface area contributed by atoms with Gasteiger partial charge in [-0.1, -0.05) is 0 Å². The van der Waals surface area contributed by atoms with Gasteiger partial charge in [-0.05, 0) is 24.3 Å². The van der Waals surface area contributed by atoms with E-state index < -0.39 is 0 Å². The van der Waals surface area contributed by atoms with E-state index in [1.807, 2.05) is 29.8 Å². The second kappa shape index (κ2) is 4.85. The molecule has 0 aromatic carbocycles. The van der Waals surface area contributed by atoms with E-state index in [0.29, 0.717) is 0 Å². The van der Waals surface area contributed by atoms with Crippen LogP contribution in [0.3, 0.4) is 0 Å². The van der Waals surface area contributed by atoms with Crippen molar-refractivity contribution in [3.63, 3.8) is 0 Å². The number of nitrogens with one attached hydrogen (secondary N) is 1. The van der Waals surface area contributed by atoms with Crippen LogP contribution in [0.1, 0.15) is 10.4 Å². The molecular weight excluding hydrogens is 258 g/mol. The quantitative estimate of drug-likeness (QED) is 0.588. The molecule has 0 fully saturated rings. The highest BCUT2D eigenvalue weighted by Crippen LogP contribution is 2.20.